The number of carbonyl (C=O) groups is 1. The Labute approximate surface area is 126 Å². The van der Waals surface area contributed by atoms with Crippen LogP contribution in [0.3, 0.4) is 0 Å². The van der Waals surface area contributed by atoms with Gasteiger partial charge in [-0.05, 0) is 31.1 Å². The highest BCUT2D eigenvalue weighted by molar-refractivity contribution is 5.81. The molecule has 6 heteroatoms. The Morgan fingerprint density at radius 2 is 2.29 bits per heavy atom. The molecule has 2 heterocycles. The van der Waals surface area contributed by atoms with Crippen molar-refractivity contribution in [3.63, 3.8) is 0 Å². The smallest absolute Gasteiger partial charge is 0.239 e. The zero-order chi connectivity index (χ0) is 15.4. The van der Waals surface area contributed by atoms with Crippen LogP contribution in [0, 0.1) is 18.8 Å². The molecule has 2 N–H and O–H groups in total. The van der Waals surface area contributed by atoms with E-state index in [9.17, 15) is 4.79 Å². The van der Waals surface area contributed by atoms with Crippen LogP contribution in [0.25, 0.3) is 0 Å². The topological polar surface area (TPSA) is 85.2 Å². The molecule has 1 unspecified atom stereocenters. The molecule has 1 amide bonds. The molecule has 2 rings (SSSR count). The third-order valence-corrected chi connectivity index (χ3v) is 3.91. The largest absolute Gasteiger partial charge is 0.341 e. The first-order valence-corrected chi connectivity index (χ1v) is 7.79. The number of piperidine rings is 1. The molecule has 0 aliphatic carbocycles. The first kappa shape index (κ1) is 15.9. The minimum atomic E-state index is -0.379. The van der Waals surface area contributed by atoms with Crippen LogP contribution < -0.4 is 5.73 Å². The summed E-state index contributed by atoms with van der Waals surface area (Å²) in [4.78, 5) is 18.5. The van der Waals surface area contributed by atoms with E-state index >= 15 is 0 Å². The summed E-state index contributed by atoms with van der Waals surface area (Å²) in [6.45, 7) is 7.53. The Hall–Kier alpha value is -1.43. The van der Waals surface area contributed by atoms with E-state index in [1.54, 1.807) is 6.92 Å². The number of carbonyl (C=O) groups excluding carboxylic acids is 1. The molecule has 1 aliphatic rings. The number of aryl methyl sites for hydroxylation is 1. The van der Waals surface area contributed by atoms with E-state index in [1.807, 2.05) is 4.90 Å². The SMILES string of the molecule is Cc1nc(CC2CCCN(C(=O)[C@@H](N)CC(C)C)C2)no1. The summed E-state index contributed by atoms with van der Waals surface area (Å²) in [5.74, 6) is 2.24. The number of hydrogen-bond donors (Lipinski definition) is 1. The Morgan fingerprint density at radius 3 is 2.90 bits per heavy atom. The quantitative estimate of drug-likeness (QED) is 0.890. The fourth-order valence-electron chi connectivity index (χ4n) is 2.96. The Morgan fingerprint density at radius 1 is 1.52 bits per heavy atom. The molecule has 2 atom stereocenters. The lowest BCUT2D eigenvalue weighted by atomic mass is 9.93. The van der Waals surface area contributed by atoms with Crippen molar-refractivity contribution in [2.24, 2.45) is 17.6 Å². The molecule has 0 radical (unpaired) electrons. The van der Waals surface area contributed by atoms with Gasteiger partial charge < -0.3 is 15.2 Å². The molecule has 1 aromatic heterocycles. The highest BCUT2D eigenvalue weighted by atomic mass is 16.5. The van der Waals surface area contributed by atoms with Crippen LogP contribution in [-0.2, 0) is 11.2 Å². The van der Waals surface area contributed by atoms with Crippen molar-refractivity contribution in [3.05, 3.63) is 11.7 Å². The monoisotopic (exact) mass is 294 g/mol. The molecular formula is C15H26N4O2. The van der Waals surface area contributed by atoms with Gasteiger partial charge in [-0.2, -0.15) is 4.98 Å². The van der Waals surface area contributed by atoms with Gasteiger partial charge in [-0.3, -0.25) is 4.79 Å². The molecule has 21 heavy (non-hydrogen) atoms. The summed E-state index contributed by atoms with van der Waals surface area (Å²) < 4.78 is 5.00. The maximum atomic E-state index is 12.4. The maximum Gasteiger partial charge on any atom is 0.239 e. The van der Waals surface area contributed by atoms with Crippen molar-refractivity contribution in [3.8, 4) is 0 Å². The van der Waals surface area contributed by atoms with E-state index in [2.05, 4.69) is 24.0 Å². The predicted molar refractivity (Wildman–Crippen MR) is 79.5 cm³/mol. The van der Waals surface area contributed by atoms with Crippen LogP contribution in [-0.4, -0.2) is 40.1 Å². The van der Waals surface area contributed by atoms with E-state index in [4.69, 9.17) is 10.3 Å². The summed E-state index contributed by atoms with van der Waals surface area (Å²) >= 11 is 0. The number of hydrogen-bond acceptors (Lipinski definition) is 5. The van der Waals surface area contributed by atoms with Crippen molar-refractivity contribution in [1.82, 2.24) is 15.0 Å². The second-order valence-electron chi connectivity index (χ2n) is 6.46. The third kappa shape index (κ3) is 4.52. The van der Waals surface area contributed by atoms with E-state index < -0.39 is 0 Å². The molecule has 6 nitrogen and oxygen atoms in total. The third-order valence-electron chi connectivity index (χ3n) is 3.91. The standard InChI is InChI=1S/C15H26N4O2/c1-10(2)7-13(16)15(20)19-6-4-5-12(9-19)8-14-17-11(3)21-18-14/h10,12-13H,4-9,16H2,1-3H3/t12?,13-/m0/s1. The summed E-state index contributed by atoms with van der Waals surface area (Å²) in [5.41, 5.74) is 6.02. The molecule has 0 saturated carbocycles. The van der Waals surface area contributed by atoms with Gasteiger partial charge in [0.25, 0.3) is 0 Å². The summed E-state index contributed by atoms with van der Waals surface area (Å²) in [5, 5.41) is 3.94. The Bertz CT molecular complexity index is 472. The first-order valence-electron chi connectivity index (χ1n) is 7.79. The zero-order valence-corrected chi connectivity index (χ0v) is 13.2. The van der Waals surface area contributed by atoms with Gasteiger partial charge in [0.15, 0.2) is 5.82 Å². The van der Waals surface area contributed by atoms with Gasteiger partial charge in [-0.15, -0.1) is 0 Å². The highest BCUT2D eigenvalue weighted by Gasteiger charge is 2.28. The molecule has 0 spiro atoms. The van der Waals surface area contributed by atoms with Crippen molar-refractivity contribution in [2.45, 2.75) is 52.5 Å². The molecule has 1 aliphatic heterocycles. The molecular weight excluding hydrogens is 268 g/mol. The van der Waals surface area contributed by atoms with E-state index in [1.165, 1.54) is 0 Å². The average molecular weight is 294 g/mol. The van der Waals surface area contributed by atoms with Gasteiger partial charge in [-0.1, -0.05) is 19.0 Å². The van der Waals surface area contributed by atoms with Gasteiger partial charge in [0.1, 0.15) is 0 Å². The molecule has 0 bridgehead atoms. The van der Waals surface area contributed by atoms with E-state index in [-0.39, 0.29) is 11.9 Å². The number of aromatic nitrogens is 2. The Balaban J connectivity index is 1.89. The van der Waals surface area contributed by atoms with Gasteiger partial charge in [0, 0.05) is 26.4 Å². The van der Waals surface area contributed by atoms with Crippen LogP contribution in [0.1, 0.15) is 44.8 Å². The number of nitrogens with two attached hydrogens (primary N) is 1. The summed E-state index contributed by atoms with van der Waals surface area (Å²) in [6, 6.07) is -0.379. The fourth-order valence-corrected chi connectivity index (χ4v) is 2.96. The van der Waals surface area contributed by atoms with Gasteiger partial charge in [-0.25, -0.2) is 0 Å². The second kappa shape index (κ2) is 7.02. The normalized spacial score (nSPS) is 20.8. The van der Waals surface area contributed by atoms with E-state index in [0.29, 0.717) is 17.7 Å². The minimum absolute atomic E-state index is 0.0812. The zero-order valence-electron chi connectivity index (χ0n) is 13.2. The van der Waals surface area contributed by atoms with Crippen molar-refractivity contribution < 1.29 is 9.32 Å². The predicted octanol–water partition coefficient (Wildman–Crippen LogP) is 1.53. The van der Waals surface area contributed by atoms with Crippen molar-refractivity contribution in [2.75, 3.05) is 13.1 Å². The average Bonchev–Trinajstić information content (AvgIpc) is 2.82. The molecule has 1 aromatic rings. The second-order valence-corrected chi connectivity index (χ2v) is 6.46. The van der Waals surface area contributed by atoms with Gasteiger partial charge >= 0.3 is 0 Å². The van der Waals surface area contributed by atoms with Gasteiger partial charge in [0.05, 0.1) is 6.04 Å². The molecule has 118 valence electrons. The molecule has 1 fully saturated rings. The minimum Gasteiger partial charge on any atom is -0.341 e. The lowest BCUT2D eigenvalue weighted by molar-refractivity contribution is -0.134. The van der Waals surface area contributed by atoms with Gasteiger partial charge in [0.2, 0.25) is 11.8 Å². The highest BCUT2D eigenvalue weighted by Crippen LogP contribution is 2.21. The molecule has 1 saturated heterocycles. The van der Waals surface area contributed by atoms with Crippen LogP contribution >= 0.6 is 0 Å². The van der Waals surface area contributed by atoms with Crippen LogP contribution in [0.4, 0.5) is 0 Å². The van der Waals surface area contributed by atoms with Crippen LogP contribution in [0.2, 0.25) is 0 Å². The number of likely N-dealkylation sites (tertiary alicyclic amines) is 1. The Kier molecular flexibility index (Phi) is 5.33. The van der Waals surface area contributed by atoms with Crippen LogP contribution in [0.15, 0.2) is 4.52 Å². The first-order chi connectivity index (χ1) is 9.95. The fraction of sp³-hybridized carbons (Fsp3) is 0.800. The lowest BCUT2D eigenvalue weighted by Gasteiger charge is -2.34. The van der Waals surface area contributed by atoms with Crippen LogP contribution in [0.5, 0.6) is 0 Å². The summed E-state index contributed by atoms with van der Waals surface area (Å²) in [6.07, 6.45) is 3.61. The lowest BCUT2D eigenvalue weighted by Crippen LogP contribution is -2.48. The van der Waals surface area contributed by atoms with Crippen molar-refractivity contribution >= 4 is 5.91 Å². The number of rotatable bonds is 5. The maximum absolute atomic E-state index is 12.4. The number of nitrogens with zero attached hydrogens (tertiary/aromatic N) is 3. The summed E-state index contributed by atoms with van der Waals surface area (Å²) in [7, 11) is 0. The number of amides is 1. The molecule has 0 aromatic carbocycles. The van der Waals surface area contributed by atoms with Crippen molar-refractivity contribution in [1.29, 1.82) is 0 Å². The van der Waals surface area contributed by atoms with E-state index in [0.717, 1.165) is 44.6 Å².